The SMILES string of the molecule is CC(C)c1ccccc1NC(=O)COC(=O)c1nn(C)c(=O)c2ccccc12. The molecule has 0 aliphatic carbocycles. The largest absolute Gasteiger partial charge is 0.451 e. The van der Waals surface area contributed by atoms with E-state index in [4.69, 9.17) is 4.74 Å². The molecule has 144 valence electrons. The van der Waals surface area contributed by atoms with Crippen LogP contribution in [0.3, 0.4) is 0 Å². The summed E-state index contributed by atoms with van der Waals surface area (Å²) < 4.78 is 6.22. The van der Waals surface area contributed by atoms with Crippen LogP contribution in [0.4, 0.5) is 5.69 Å². The predicted molar refractivity (Wildman–Crippen MR) is 106 cm³/mol. The van der Waals surface area contributed by atoms with Crippen LogP contribution in [-0.4, -0.2) is 28.3 Å². The van der Waals surface area contributed by atoms with E-state index in [1.54, 1.807) is 30.3 Å². The van der Waals surface area contributed by atoms with E-state index in [-0.39, 0.29) is 17.2 Å². The minimum atomic E-state index is -0.765. The molecule has 0 bridgehead atoms. The highest BCUT2D eigenvalue weighted by molar-refractivity contribution is 6.03. The number of ether oxygens (including phenoxy) is 1. The summed E-state index contributed by atoms with van der Waals surface area (Å²) in [5.74, 6) is -0.977. The van der Waals surface area contributed by atoms with Gasteiger partial charge in [-0.25, -0.2) is 9.48 Å². The van der Waals surface area contributed by atoms with E-state index < -0.39 is 18.5 Å². The predicted octanol–water partition coefficient (Wildman–Crippen LogP) is 2.85. The van der Waals surface area contributed by atoms with Crippen molar-refractivity contribution in [1.29, 1.82) is 0 Å². The number of hydrogen-bond donors (Lipinski definition) is 1. The van der Waals surface area contributed by atoms with Gasteiger partial charge in [-0.3, -0.25) is 9.59 Å². The van der Waals surface area contributed by atoms with Crippen molar-refractivity contribution in [3.05, 3.63) is 70.1 Å². The summed E-state index contributed by atoms with van der Waals surface area (Å²) in [7, 11) is 1.46. The first-order valence-corrected chi connectivity index (χ1v) is 8.90. The average molecular weight is 379 g/mol. The first kappa shape index (κ1) is 19.3. The van der Waals surface area contributed by atoms with Crippen LogP contribution >= 0.6 is 0 Å². The molecular weight excluding hydrogens is 358 g/mol. The van der Waals surface area contributed by atoms with Crippen molar-refractivity contribution in [1.82, 2.24) is 9.78 Å². The molecule has 0 atom stereocenters. The second kappa shape index (κ2) is 8.04. The van der Waals surface area contributed by atoms with Crippen LogP contribution in [0, 0.1) is 0 Å². The standard InChI is InChI=1S/C21H21N3O4/c1-13(2)14-8-6-7-11-17(14)22-18(25)12-28-21(27)19-15-9-4-5-10-16(15)20(26)24(3)23-19/h4-11,13H,12H2,1-3H3,(H,22,25). The van der Waals surface area contributed by atoms with Crippen LogP contribution < -0.4 is 10.9 Å². The molecule has 1 amide bonds. The van der Waals surface area contributed by atoms with Gasteiger partial charge in [0.15, 0.2) is 12.3 Å². The van der Waals surface area contributed by atoms with Gasteiger partial charge in [-0.05, 0) is 23.6 Å². The number of aromatic nitrogens is 2. The number of rotatable bonds is 5. The van der Waals surface area contributed by atoms with Gasteiger partial charge in [0.25, 0.3) is 11.5 Å². The molecule has 0 unspecified atom stereocenters. The number of hydrogen-bond acceptors (Lipinski definition) is 5. The zero-order valence-corrected chi connectivity index (χ0v) is 15.9. The third-order valence-electron chi connectivity index (χ3n) is 4.34. The fourth-order valence-electron chi connectivity index (χ4n) is 2.95. The number of fused-ring (bicyclic) bond motifs is 1. The van der Waals surface area contributed by atoms with E-state index in [1.165, 1.54) is 7.05 Å². The van der Waals surface area contributed by atoms with Gasteiger partial charge in [0.05, 0.1) is 5.39 Å². The topological polar surface area (TPSA) is 90.3 Å². The monoisotopic (exact) mass is 379 g/mol. The Morgan fingerprint density at radius 3 is 2.43 bits per heavy atom. The highest BCUT2D eigenvalue weighted by Gasteiger charge is 2.18. The third-order valence-corrected chi connectivity index (χ3v) is 4.34. The smallest absolute Gasteiger partial charge is 0.359 e. The minimum absolute atomic E-state index is 0.00641. The molecule has 0 spiro atoms. The van der Waals surface area contributed by atoms with Gasteiger partial charge < -0.3 is 10.1 Å². The van der Waals surface area contributed by atoms with Crippen LogP contribution in [0.15, 0.2) is 53.3 Å². The second-order valence-electron chi connectivity index (χ2n) is 6.69. The number of para-hydroxylation sites is 1. The zero-order valence-electron chi connectivity index (χ0n) is 15.9. The van der Waals surface area contributed by atoms with Crippen molar-refractivity contribution in [3.8, 4) is 0 Å². The van der Waals surface area contributed by atoms with Crippen LogP contribution in [0.2, 0.25) is 0 Å². The van der Waals surface area contributed by atoms with Crippen molar-refractivity contribution >= 4 is 28.3 Å². The number of aryl methyl sites for hydroxylation is 1. The Kier molecular flexibility index (Phi) is 5.54. The Hall–Kier alpha value is -3.48. The molecule has 7 heteroatoms. The molecule has 0 aliphatic heterocycles. The first-order chi connectivity index (χ1) is 13.4. The summed E-state index contributed by atoms with van der Waals surface area (Å²) in [5.41, 5.74) is 1.36. The Morgan fingerprint density at radius 2 is 1.71 bits per heavy atom. The number of esters is 1. The lowest BCUT2D eigenvalue weighted by atomic mass is 10.0. The molecule has 0 aliphatic rings. The van der Waals surface area contributed by atoms with Crippen LogP contribution in [0.25, 0.3) is 10.8 Å². The summed E-state index contributed by atoms with van der Waals surface area (Å²) in [4.78, 5) is 36.9. The van der Waals surface area contributed by atoms with Crippen molar-refractivity contribution < 1.29 is 14.3 Å². The van der Waals surface area contributed by atoms with E-state index in [0.717, 1.165) is 10.2 Å². The van der Waals surface area contributed by atoms with Gasteiger partial charge in [-0.15, -0.1) is 0 Å². The lowest BCUT2D eigenvalue weighted by Gasteiger charge is -2.13. The zero-order chi connectivity index (χ0) is 20.3. The van der Waals surface area contributed by atoms with Gasteiger partial charge in [0, 0.05) is 18.1 Å². The molecule has 1 heterocycles. The summed E-state index contributed by atoms with van der Waals surface area (Å²) in [6, 6.07) is 14.1. The van der Waals surface area contributed by atoms with E-state index in [9.17, 15) is 14.4 Å². The maximum atomic E-state index is 12.5. The number of nitrogens with one attached hydrogen (secondary N) is 1. The fourth-order valence-corrected chi connectivity index (χ4v) is 2.95. The number of anilines is 1. The Bertz CT molecular complexity index is 1100. The van der Waals surface area contributed by atoms with E-state index in [0.29, 0.717) is 16.5 Å². The molecule has 1 N–H and O–H groups in total. The molecule has 7 nitrogen and oxygen atoms in total. The summed E-state index contributed by atoms with van der Waals surface area (Å²) in [5, 5.41) is 7.52. The Morgan fingerprint density at radius 1 is 1.07 bits per heavy atom. The Balaban J connectivity index is 1.75. The van der Waals surface area contributed by atoms with Crippen LogP contribution in [0.5, 0.6) is 0 Å². The number of amides is 1. The summed E-state index contributed by atoms with van der Waals surface area (Å²) in [6.45, 7) is 3.60. The third kappa shape index (κ3) is 3.93. The van der Waals surface area contributed by atoms with Gasteiger partial charge in [-0.2, -0.15) is 5.10 Å². The molecule has 2 aromatic carbocycles. The van der Waals surface area contributed by atoms with E-state index in [2.05, 4.69) is 10.4 Å². The van der Waals surface area contributed by atoms with Gasteiger partial charge in [0.2, 0.25) is 0 Å². The van der Waals surface area contributed by atoms with Crippen LogP contribution in [0.1, 0.15) is 35.8 Å². The van der Waals surface area contributed by atoms with Gasteiger partial charge in [0.1, 0.15) is 0 Å². The van der Waals surface area contributed by atoms with Gasteiger partial charge >= 0.3 is 5.97 Å². The fraction of sp³-hybridized carbons (Fsp3) is 0.238. The van der Waals surface area contributed by atoms with Crippen LogP contribution in [-0.2, 0) is 16.6 Å². The highest BCUT2D eigenvalue weighted by atomic mass is 16.5. The normalized spacial score (nSPS) is 10.9. The van der Waals surface area contributed by atoms with Gasteiger partial charge in [-0.1, -0.05) is 50.2 Å². The van der Waals surface area contributed by atoms with Crippen molar-refractivity contribution in [2.45, 2.75) is 19.8 Å². The minimum Gasteiger partial charge on any atom is -0.451 e. The van der Waals surface area contributed by atoms with Crippen molar-refractivity contribution in [2.24, 2.45) is 7.05 Å². The lowest BCUT2D eigenvalue weighted by Crippen LogP contribution is -2.26. The highest BCUT2D eigenvalue weighted by Crippen LogP contribution is 2.23. The quantitative estimate of drug-likeness (QED) is 0.689. The molecule has 3 aromatic rings. The van der Waals surface area contributed by atoms with Crippen molar-refractivity contribution in [2.75, 3.05) is 11.9 Å². The molecule has 28 heavy (non-hydrogen) atoms. The maximum Gasteiger partial charge on any atom is 0.359 e. The first-order valence-electron chi connectivity index (χ1n) is 8.90. The summed E-state index contributed by atoms with van der Waals surface area (Å²) >= 11 is 0. The number of carbonyl (C=O) groups excluding carboxylic acids is 2. The van der Waals surface area contributed by atoms with E-state index >= 15 is 0 Å². The number of nitrogens with zero attached hydrogens (tertiary/aromatic N) is 2. The molecule has 0 saturated carbocycles. The Labute approximate surface area is 161 Å². The lowest BCUT2D eigenvalue weighted by molar-refractivity contribution is -0.119. The molecule has 0 saturated heterocycles. The molecule has 1 aromatic heterocycles. The van der Waals surface area contributed by atoms with Crippen molar-refractivity contribution in [3.63, 3.8) is 0 Å². The second-order valence-corrected chi connectivity index (χ2v) is 6.69. The molecule has 0 radical (unpaired) electrons. The van der Waals surface area contributed by atoms with E-state index in [1.807, 2.05) is 32.0 Å². The molecular formula is C21H21N3O4. The molecule has 3 rings (SSSR count). The molecule has 0 fully saturated rings. The number of carbonyl (C=O) groups is 2. The average Bonchev–Trinajstić information content (AvgIpc) is 2.69. The number of benzene rings is 2. The maximum absolute atomic E-state index is 12.5. The summed E-state index contributed by atoms with van der Waals surface area (Å²) in [6.07, 6.45) is 0.